The Morgan fingerprint density at radius 2 is 2.00 bits per heavy atom. The summed E-state index contributed by atoms with van der Waals surface area (Å²) in [5, 5.41) is 9.38. The lowest BCUT2D eigenvalue weighted by molar-refractivity contribution is 0.319. The Balaban J connectivity index is 2.39. The standard InChI is InChI=1S/C18H22N2O2/c1-5-15-11(2)8-14(9-12(15)3)22-18(16(19)10-21)17(20-4)13-6-7-13/h1,8-9,13,21H,6-7,10,19H2,2-4H3/b18-16+,20-17?. The number of aliphatic hydroxyl groups is 1. The van der Waals surface area contributed by atoms with Gasteiger partial charge in [-0.15, -0.1) is 6.42 Å². The fourth-order valence-corrected chi connectivity index (χ4v) is 2.51. The summed E-state index contributed by atoms with van der Waals surface area (Å²) in [5.41, 5.74) is 9.87. The van der Waals surface area contributed by atoms with E-state index in [0.717, 1.165) is 35.2 Å². The normalized spacial score (nSPS) is 16.0. The first-order valence-corrected chi connectivity index (χ1v) is 7.34. The highest BCUT2D eigenvalue weighted by Crippen LogP contribution is 2.35. The van der Waals surface area contributed by atoms with Gasteiger partial charge in [0.25, 0.3) is 0 Å². The van der Waals surface area contributed by atoms with Crippen LogP contribution in [-0.2, 0) is 0 Å². The first kappa shape index (κ1) is 16.1. The van der Waals surface area contributed by atoms with Crippen molar-refractivity contribution in [3.63, 3.8) is 0 Å². The molecule has 0 bridgehead atoms. The van der Waals surface area contributed by atoms with Crippen molar-refractivity contribution in [3.05, 3.63) is 40.3 Å². The summed E-state index contributed by atoms with van der Waals surface area (Å²) in [5.74, 6) is 4.18. The Morgan fingerprint density at radius 3 is 2.41 bits per heavy atom. The van der Waals surface area contributed by atoms with Crippen LogP contribution in [0.25, 0.3) is 0 Å². The summed E-state index contributed by atoms with van der Waals surface area (Å²) < 4.78 is 5.98. The highest BCUT2D eigenvalue weighted by molar-refractivity contribution is 6.02. The van der Waals surface area contributed by atoms with E-state index in [9.17, 15) is 5.11 Å². The average Bonchev–Trinajstić information content (AvgIpc) is 3.30. The Labute approximate surface area is 131 Å². The number of ether oxygens (including phenoxy) is 1. The number of nitrogens with two attached hydrogens (primary N) is 1. The fraction of sp³-hybridized carbons (Fsp3) is 0.389. The van der Waals surface area contributed by atoms with Gasteiger partial charge in [-0.05, 0) is 49.9 Å². The van der Waals surface area contributed by atoms with Crippen molar-refractivity contribution < 1.29 is 9.84 Å². The summed E-state index contributed by atoms with van der Waals surface area (Å²) in [7, 11) is 1.72. The third kappa shape index (κ3) is 3.32. The van der Waals surface area contributed by atoms with Crippen molar-refractivity contribution in [1.29, 1.82) is 0 Å². The average molecular weight is 298 g/mol. The molecule has 4 heteroatoms. The lowest BCUT2D eigenvalue weighted by Gasteiger charge is -2.16. The zero-order valence-corrected chi connectivity index (χ0v) is 13.3. The maximum Gasteiger partial charge on any atom is 0.169 e. The van der Waals surface area contributed by atoms with E-state index >= 15 is 0 Å². The number of aryl methyl sites for hydroxylation is 2. The van der Waals surface area contributed by atoms with E-state index in [1.807, 2.05) is 26.0 Å². The summed E-state index contributed by atoms with van der Waals surface area (Å²) in [6.45, 7) is 3.63. The van der Waals surface area contributed by atoms with Crippen molar-refractivity contribution in [2.75, 3.05) is 13.7 Å². The first-order valence-electron chi connectivity index (χ1n) is 7.34. The third-order valence-electron chi connectivity index (χ3n) is 3.77. The van der Waals surface area contributed by atoms with Crippen molar-refractivity contribution in [2.24, 2.45) is 16.6 Å². The molecular formula is C18H22N2O2. The Hall–Kier alpha value is -2.25. The minimum Gasteiger partial charge on any atom is -0.454 e. The Bertz CT molecular complexity index is 654. The molecule has 116 valence electrons. The maximum absolute atomic E-state index is 9.38. The van der Waals surface area contributed by atoms with Crippen LogP contribution in [0.5, 0.6) is 5.75 Å². The zero-order valence-electron chi connectivity index (χ0n) is 13.3. The number of aliphatic imine (C=N–C) groups is 1. The maximum atomic E-state index is 9.38. The van der Waals surface area contributed by atoms with Gasteiger partial charge in [0.2, 0.25) is 0 Å². The van der Waals surface area contributed by atoms with Gasteiger partial charge in [-0.1, -0.05) is 5.92 Å². The monoisotopic (exact) mass is 298 g/mol. The summed E-state index contributed by atoms with van der Waals surface area (Å²) >= 11 is 0. The van der Waals surface area contributed by atoms with Gasteiger partial charge in [0.1, 0.15) is 5.75 Å². The van der Waals surface area contributed by atoms with Crippen LogP contribution in [0.3, 0.4) is 0 Å². The van der Waals surface area contributed by atoms with Crippen LogP contribution in [0.1, 0.15) is 29.5 Å². The number of benzene rings is 1. The van der Waals surface area contributed by atoms with Crippen LogP contribution in [0, 0.1) is 32.1 Å². The second-order valence-corrected chi connectivity index (χ2v) is 5.57. The van der Waals surface area contributed by atoms with E-state index in [0.29, 0.717) is 23.1 Å². The Morgan fingerprint density at radius 1 is 1.41 bits per heavy atom. The fourth-order valence-electron chi connectivity index (χ4n) is 2.51. The molecule has 0 amide bonds. The topological polar surface area (TPSA) is 67.8 Å². The molecule has 1 saturated carbocycles. The molecule has 0 atom stereocenters. The number of allylic oxidation sites excluding steroid dienone is 1. The number of terminal acetylenes is 1. The van der Waals surface area contributed by atoms with E-state index in [4.69, 9.17) is 16.9 Å². The van der Waals surface area contributed by atoms with E-state index in [1.54, 1.807) is 7.05 Å². The lowest BCUT2D eigenvalue weighted by Crippen LogP contribution is -2.20. The molecular weight excluding hydrogens is 276 g/mol. The second-order valence-electron chi connectivity index (χ2n) is 5.57. The lowest BCUT2D eigenvalue weighted by atomic mass is 10.0. The molecule has 0 unspecified atom stereocenters. The summed E-state index contributed by atoms with van der Waals surface area (Å²) in [6.07, 6.45) is 7.67. The molecule has 0 spiro atoms. The number of hydrogen-bond donors (Lipinski definition) is 2. The van der Waals surface area contributed by atoms with Crippen LogP contribution in [-0.4, -0.2) is 24.5 Å². The highest BCUT2D eigenvalue weighted by Gasteiger charge is 2.32. The van der Waals surface area contributed by atoms with E-state index < -0.39 is 0 Å². The molecule has 0 radical (unpaired) electrons. The predicted molar refractivity (Wildman–Crippen MR) is 88.9 cm³/mol. The minimum absolute atomic E-state index is 0.262. The highest BCUT2D eigenvalue weighted by atomic mass is 16.5. The molecule has 1 aromatic rings. The van der Waals surface area contributed by atoms with E-state index in [1.165, 1.54) is 0 Å². The molecule has 2 rings (SSSR count). The Kier molecular flexibility index (Phi) is 4.89. The molecule has 1 aliphatic carbocycles. The molecule has 0 aliphatic heterocycles. The van der Waals surface area contributed by atoms with Gasteiger partial charge in [-0.25, -0.2) is 0 Å². The minimum atomic E-state index is -0.262. The van der Waals surface area contributed by atoms with E-state index in [2.05, 4.69) is 10.9 Å². The van der Waals surface area contributed by atoms with Crippen LogP contribution in [0.15, 0.2) is 28.6 Å². The first-order chi connectivity index (χ1) is 10.5. The van der Waals surface area contributed by atoms with Crippen LogP contribution < -0.4 is 10.5 Å². The molecule has 22 heavy (non-hydrogen) atoms. The zero-order chi connectivity index (χ0) is 16.3. The summed E-state index contributed by atoms with van der Waals surface area (Å²) in [4.78, 5) is 4.30. The third-order valence-corrected chi connectivity index (χ3v) is 3.77. The van der Waals surface area contributed by atoms with Crippen molar-refractivity contribution in [3.8, 4) is 18.1 Å². The van der Waals surface area contributed by atoms with Gasteiger partial charge in [0.05, 0.1) is 18.0 Å². The molecule has 1 aliphatic rings. The van der Waals surface area contributed by atoms with Gasteiger partial charge in [0.15, 0.2) is 5.76 Å². The molecule has 0 aromatic heterocycles. The molecule has 0 heterocycles. The summed E-state index contributed by atoms with van der Waals surface area (Å²) in [6, 6.07) is 3.76. The number of nitrogens with zero attached hydrogens (tertiary/aromatic N) is 1. The van der Waals surface area contributed by atoms with Gasteiger partial charge >= 0.3 is 0 Å². The van der Waals surface area contributed by atoms with Crippen molar-refractivity contribution >= 4 is 5.71 Å². The quantitative estimate of drug-likeness (QED) is 0.498. The number of rotatable bonds is 5. The van der Waals surface area contributed by atoms with Crippen molar-refractivity contribution in [1.82, 2.24) is 0 Å². The number of hydrogen-bond acceptors (Lipinski definition) is 4. The van der Waals surface area contributed by atoms with Crippen LogP contribution in [0.4, 0.5) is 0 Å². The smallest absolute Gasteiger partial charge is 0.169 e. The van der Waals surface area contributed by atoms with Crippen molar-refractivity contribution in [2.45, 2.75) is 26.7 Å². The van der Waals surface area contributed by atoms with Gasteiger partial charge < -0.3 is 15.6 Å². The largest absolute Gasteiger partial charge is 0.454 e. The molecule has 0 saturated heterocycles. The van der Waals surface area contributed by atoms with Gasteiger partial charge in [0, 0.05) is 18.5 Å². The molecule has 1 fully saturated rings. The second kappa shape index (κ2) is 6.67. The molecule has 3 N–H and O–H groups in total. The molecule has 4 nitrogen and oxygen atoms in total. The number of aliphatic hydroxyl groups excluding tert-OH is 1. The van der Waals surface area contributed by atoms with Crippen LogP contribution in [0.2, 0.25) is 0 Å². The molecule has 1 aromatic carbocycles. The van der Waals surface area contributed by atoms with Crippen LogP contribution >= 0.6 is 0 Å². The van der Waals surface area contributed by atoms with Gasteiger partial charge in [-0.2, -0.15) is 0 Å². The SMILES string of the molecule is C#Cc1c(C)cc(O/C(C(=NC)C2CC2)=C(/N)CO)cc1C. The van der Waals surface area contributed by atoms with Gasteiger partial charge in [-0.3, -0.25) is 4.99 Å². The predicted octanol–water partition coefficient (Wildman–Crippen LogP) is 2.31. The van der Waals surface area contributed by atoms with E-state index in [-0.39, 0.29) is 6.61 Å².